The Labute approximate surface area is 180 Å². The van der Waals surface area contributed by atoms with Crippen molar-refractivity contribution in [3.63, 3.8) is 0 Å². The molecule has 1 fully saturated rings. The third kappa shape index (κ3) is 7.20. The first-order valence-corrected chi connectivity index (χ1v) is 10.8. The first-order chi connectivity index (χ1) is 14.7. The Kier molecular flexibility index (Phi) is 8.81. The topological polar surface area (TPSA) is 54.4 Å². The Morgan fingerprint density at radius 3 is 2.10 bits per heavy atom. The number of rotatable bonds is 10. The van der Waals surface area contributed by atoms with E-state index in [2.05, 4.69) is 21.9 Å². The molecule has 0 spiro atoms. The Hall–Kier alpha value is -2.28. The van der Waals surface area contributed by atoms with Gasteiger partial charge in [0.15, 0.2) is 0 Å². The molecule has 2 aromatic rings. The van der Waals surface area contributed by atoms with Gasteiger partial charge in [-0.3, -0.25) is 9.80 Å². The molecule has 0 amide bonds. The van der Waals surface area contributed by atoms with Crippen molar-refractivity contribution in [2.45, 2.75) is 26.0 Å². The highest BCUT2D eigenvalue weighted by molar-refractivity contribution is 5.31. The molecular formula is C24H34N2O4. The third-order valence-electron chi connectivity index (χ3n) is 5.29. The summed E-state index contributed by atoms with van der Waals surface area (Å²) in [4.78, 5) is 4.81. The van der Waals surface area contributed by atoms with Crippen molar-refractivity contribution in [3.8, 4) is 17.2 Å². The lowest BCUT2D eigenvalue weighted by Gasteiger charge is -2.24. The molecule has 2 aromatic carbocycles. The van der Waals surface area contributed by atoms with E-state index in [4.69, 9.17) is 14.2 Å². The predicted octanol–water partition coefficient (Wildman–Crippen LogP) is 3.04. The molecule has 0 radical (unpaired) electrons. The van der Waals surface area contributed by atoms with E-state index in [1.807, 2.05) is 43.3 Å². The van der Waals surface area contributed by atoms with Gasteiger partial charge in [-0.2, -0.15) is 0 Å². The van der Waals surface area contributed by atoms with Crippen molar-refractivity contribution in [3.05, 3.63) is 54.1 Å². The molecule has 0 aliphatic carbocycles. The first kappa shape index (κ1) is 22.4. The lowest BCUT2D eigenvalue weighted by molar-refractivity contribution is 0.0692. The Morgan fingerprint density at radius 2 is 1.43 bits per heavy atom. The molecule has 6 nitrogen and oxygen atoms in total. The molecule has 1 unspecified atom stereocenters. The Morgan fingerprint density at radius 1 is 0.833 bits per heavy atom. The smallest absolute Gasteiger partial charge is 0.119 e. The van der Waals surface area contributed by atoms with Crippen molar-refractivity contribution in [1.29, 1.82) is 0 Å². The fourth-order valence-corrected chi connectivity index (χ4v) is 3.70. The Bertz CT molecular complexity index is 736. The molecule has 1 atom stereocenters. The standard InChI is InChI=1S/C24H34N2O4/c1-3-29-23-9-11-24(12-10-23)30-19-21(27)18-26-14-4-13-25(15-16-26)17-20-5-7-22(28-2)8-6-20/h5-12,21,27H,3-4,13-19H2,1-2H3. The van der Waals surface area contributed by atoms with Crippen molar-refractivity contribution < 1.29 is 19.3 Å². The van der Waals surface area contributed by atoms with Gasteiger partial charge in [0.25, 0.3) is 0 Å². The minimum Gasteiger partial charge on any atom is -0.497 e. The van der Waals surface area contributed by atoms with E-state index in [9.17, 15) is 5.11 Å². The zero-order valence-electron chi connectivity index (χ0n) is 18.1. The zero-order chi connectivity index (χ0) is 21.2. The van der Waals surface area contributed by atoms with Crippen LogP contribution < -0.4 is 14.2 Å². The minimum absolute atomic E-state index is 0.292. The molecule has 1 aliphatic heterocycles. The molecular weight excluding hydrogens is 380 g/mol. The van der Waals surface area contributed by atoms with Gasteiger partial charge in [-0.25, -0.2) is 0 Å². The van der Waals surface area contributed by atoms with Crippen LogP contribution in [0.4, 0.5) is 0 Å². The van der Waals surface area contributed by atoms with Gasteiger partial charge in [0.2, 0.25) is 0 Å². The van der Waals surface area contributed by atoms with E-state index in [-0.39, 0.29) is 0 Å². The molecule has 6 heteroatoms. The van der Waals surface area contributed by atoms with Gasteiger partial charge in [-0.1, -0.05) is 12.1 Å². The quantitative estimate of drug-likeness (QED) is 0.645. The van der Waals surface area contributed by atoms with Crippen LogP contribution in [0.5, 0.6) is 17.2 Å². The molecule has 3 rings (SSSR count). The summed E-state index contributed by atoms with van der Waals surface area (Å²) in [6, 6.07) is 15.8. The van der Waals surface area contributed by atoms with E-state index in [1.165, 1.54) is 5.56 Å². The van der Waals surface area contributed by atoms with Gasteiger partial charge in [0.05, 0.1) is 13.7 Å². The number of hydrogen-bond acceptors (Lipinski definition) is 6. The SMILES string of the molecule is CCOc1ccc(OCC(O)CN2CCCN(Cc3ccc(OC)cc3)CC2)cc1. The van der Waals surface area contributed by atoms with Crippen LogP contribution in [0.25, 0.3) is 0 Å². The molecule has 0 aromatic heterocycles. The average Bonchev–Trinajstić information content (AvgIpc) is 2.99. The highest BCUT2D eigenvalue weighted by atomic mass is 16.5. The molecule has 164 valence electrons. The van der Waals surface area contributed by atoms with Crippen LogP contribution in [-0.2, 0) is 6.54 Å². The second-order valence-corrected chi connectivity index (χ2v) is 7.65. The fourth-order valence-electron chi connectivity index (χ4n) is 3.70. The van der Waals surface area contributed by atoms with Gasteiger partial charge < -0.3 is 19.3 Å². The van der Waals surface area contributed by atoms with Gasteiger partial charge >= 0.3 is 0 Å². The summed E-state index contributed by atoms with van der Waals surface area (Å²) in [5.74, 6) is 2.47. The monoisotopic (exact) mass is 414 g/mol. The normalized spacial score (nSPS) is 16.6. The molecule has 1 aliphatic rings. The maximum Gasteiger partial charge on any atom is 0.119 e. The van der Waals surface area contributed by atoms with Crippen LogP contribution in [0.1, 0.15) is 18.9 Å². The largest absolute Gasteiger partial charge is 0.497 e. The summed E-state index contributed by atoms with van der Waals surface area (Å²) in [5.41, 5.74) is 1.30. The number of aliphatic hydroxyl groups is 1. The summed E-state index contributed by atoms with van der Waals surface area (Å²) in [5, 5.41) is 10.4. The minimum atomic E-state index is -0.510. The fraction of sp³-hybridized carbons (Fsp3) is 0.500. The highest BCUT2D eigenvalue weighted by Crippen LogP contribution is 2.18. The average molecular weight is 415 g/mol. The molecule has 1 N–H and O–H groups in total. The molecule has 1 saturated heterocycles. The van der Waals surface area contributed by atoms with Gasteiger partial charge in [-0.15, -0.1) is 0 Å². The summed E-state index contributed by atoms with van der Waals surface area (Å²) in [6.07, 6.45) is 0.590. The second kappa shape index (κ2) is 11.8. The first-order valence-electron chi connectivity index (χ1n) is 10.8. The van der Waals surface area contributed by atoms with Crippen LogP contribution in [0.15, 0.2) is 48.5 Å². The van der Waals surface area contributed by atoms with E-state index in [0.29, 0.717) is 19.8 Å². The number of methoxy groups -OCH3 is 1. The molecule has 30 heavy (non-hydrogen) atoms. The van der Waals surface area contributed by atoms with E-state index < -0.39 is 6.10 Å². The zero-order valence-corrected chi connectivity index (χ0v) is 18.1. The van der Waals surface area contributed by atoms with Gasteiger partial charge in [0.1, 0.15) is 30.0 Å². The molecule has 0 saturated carbocycles. The maximum absolute atomic E-state index is 10.4. The van der Waals surface area contributed by atoms with Crippen LogP contribution >= 0.6 is 0 Å². The number of nitrogens with zero attached hydrogens (tertiary/aromatic N) is 2. The van der Waals surface area contributed by atoms with Crippen LogP contribution in [0, 0.1) is 0 Å². The molecule has 0 bridgehead atoms. The number of ether oxygens (including phenoxy) is 3. The number of aliphatic hydroxyl groups excluding tert-OH is 1. The van der Waals surface area contributed by atoms with Crippen molar-refractivity contribution in [2.24, 2.45) is 0 Å². The van der Waals surface area contributed by atoms with Gasteiger partial charge in [-0.05, 0) is 68.4 Å². The third-order valence-corrected chi connectivity index (χ3v) is 5.29. The summed E-state index contributed by atoms with van der Waals surface area (Å²) < 4.78 is 16.4. The summed E-state index contributed by atoms with van der Waals surface area (Å²) in [6.45, 7) is 8.50. The van der Waals surface area contributed by atoms with Crippen molar-refractivity contribution >= 4 is 0 Å². The van der Waals surface area contributed by atoms with Crippen LogP contribution in [0.3, 0.4) is 0 Å². The maximum atomic E-state index is 10.4. The lowest BCUT2D eigenvalue weighted by Crippen LogP contribution is -2.38. The lowest BCUT2D eigenvalue weighted by atomic mass is 10.2. The Balaban J connectivity index is 1.39. The van der Waals surface area contributed by atoms with Crippen molar-refractivity contribution in [2.75, 3.05) is 53.0 Å². The second-order valence-electron chi connectivity index (χ2n) is 7.65. The van der Waals surface area contributed by atoms with E-state index in [0.717, 1.165) is 56.4 Å². The van der Waals surface area contributed by atoms with E-state index >= 15 is 0 Å². The van der Waals surface area contributed by atoms with Crippen molar-refractivity contribution in [1.82, 2.24) is 9.80 Å². The summed E-state index contributed by atoms with van der Waals surface area (Å²) in [7, 11) is 1.69. The highest BCUT2D eigenvalue weighted by Gasteiger charge is 2.18. The predicted molar refractivity (Wildman–Crippen MR) is 118 cm³/mol. The van der Waals surface area contributed by atoms with E-state index in [1.54, 1.807) is 7.11 Å². The van der Waals surface area contributed by atoms with Crippen LogP contribution in [0.2, 0.25) is 0 Å². The number of β-amino-alcohol motifs (C(OH)–C–C–N with tert-alkyl or cyclic N) is 1. The summed E-state index contributed by atoms with van der Waals surface area (Å²) >= 11 is 0. The number of hydrogen-bond donors (Lipinski definition) is 1. The molecule has 1 heterocycles. The number of benzene rings is 2. The van der Waals surface area contributed by atoms with Gasteiger partial charge in [0, 0.05) is 26.2 Å². The van der Waals surface area contributed by atoms with Crippen LogP contribution in [-0.4, -0.2) is 74.1 Å².